The van der Waals surface area contributed by atoms with E-state index in [0.717, 1.165) is 5.56 Å². The average Bonchev–Trinajstić information content (AvgIpc) is 2.60. The quantitative estimate of drug-likeness (QED) is 0.835. The zero-order valence-corrected chi connectivity index (χ0v) is 11.3. The summed E-state index contributed by atoms with van der Waals surface area (Å²) >= 11 is 0. The number of hydrogen-bond acceptors (Lipinski definition) is 3. The molecule has 4 heteroatoms. The van der Waals surface area contributed by atoms with Gasteiger partial charge >= 0.3 is 0 Å². The Hall–Kier alpha value is -1.68. The maximum Gasteiger partial charge on any atom is 0.240 e. The number of benzene rings is 1. The van der Waals surface area contributed by atoms with Gasteiger partial charge in [-0.15, -0.1) is 0 Å². The zero-order valence-electron chi connectivity index (χ0n) is 11.3. The molecule has 0 saturated carbocycles. The standard InChI is InChI=1S/C15H19NO3/c1-11(17)8-9-16-13(18)10-15(2,14(16)19)12-6-4-3-5-7-12/h3-7,11,17H,8-10H2,1-2H3. The highest BCUT2D eigenvalue weighted by atomic mass is 16.3. The molecule has 19 heavy (non-hydrogen) atoms. The van der Waals surface area contributed by atoms with Crippen molar-refractivity contribution in [2.24, 2.45) is 0 Å². The van der Waals surface area contributed by atoms with Gasteiger partial charge in [0, 0.05) is 13.0 Å². The van der Waals surface area contributed by atoms with Gasteiger partial charge in [-0.25, -0.2) is 0 Å². The number of likely N-dealkylation sites (tertiary alicyclic amines) is 1. The Bertz CT molecular complexity index is 483. The van der Waals surface area contributed by atoms with Crippen LogP contribution in [0.3, 0.4) is 0 Å². The lowest BCUT2D eigenvalue weighted by Gasteiger charge is -2.23. The summed E-state index contributed by atoms with van der Waals surface area (Å²) in [6.45, 7) is 3.75. The molecule has 4 nitrogen and oxygen atoms in total. The highest BCUT2D eigenvalue weighted by Crippen LogP contribution is 2.36. The van der Waals surface area contributed by atoms with Crippen LogP contribution in [-0.2, 0) is 15.0 Å². The van der Waals surface area contributed by atoms with Crippen LogP contribution < -0.4 is 0 Å². The first-order valence-corrected chi connectivity index (χ1v) is 6.53. The van der Waals surface area contributed by atoms with Crippen molar-refractivity contribution in [1.82, 2.24) is 4.90 Å². The molecule has 1 saturated heterocycles. The van der Waals surface area contributed by atoms with Gasteiger partial charge in [0.2, 0.25) is 11.8 Å². The Kier molecular flexibility index (Phi) is 3.71. The molecule has 1 aliphatic rings. The predicted molar refractivity (Wildman–Crippen MR) is 71.4 cm³/mol. The van der Waals surface area contributed by atoms with E-state index in [2.05, 4.69) is 0 Å². The Morgan fingerprint density at radius 1 is 1.32 bits per heavy atom. The number of nitrogens with zero attached hydrogens (tertiary/aromatic N) is 1. The largest absolute Gasteiger partial charge is 0.393 e. The molecule has 0 bridgehead atoms. The Labute approximate surface area is 113 Å². The van der Waals surface area contributed by atoms with Gasteiger partial charge in [0.15, 0.2) is 0 Å². The van der Waals surface area contributed by atoms with E-state index in [1.165, 1.54) is 4.90 Å². The summed E-state index contributed by atoms with van der Waals surface area (Å²) in [4.78, 5) is 25.8. The van der Waals surface area contributed by atoms with E-state index in [-0.39, 0.29) is 24.8 Å². The molecule has 1 aromatic carbocycles. The average molecular weight is 261 g/mol. The fourth-order valence-electron chi connectivity index (χ4n) is 2.46. The molecule has 0 spiro atoms. The third-order valence-corrected chi connectivity index (χ3v) is 3.70. The smallest absolute Gasteiger partial charge is 0.240 e. The summed E-state index contributed by atoms with van der Waals surface area (Å²) < 4.78 is 0. The molecule has 0 aliphatic carbocycles. The van der Waals surface area contributed by atoms with Gasteiger partial charge in [0.1, 0.15) is 0 Å². The molecule has 1 heterocycles. The molecule has 2 amide bonds. The molecule has 1 aromatic rings. The second kappa shape index (κ2) is 5.13. The molecule has 2 rings (SSSR count). The third kappa shape index (κ3) is 2.54. The molecule has 0 radical (unpaired) electrons. The number of carbonyl (C=O) groups excluding carboxylic acids is 2. The molecular formula is C15H19NO3. The molecule has 1 aliphatic heterocycles. The van der Waals surface area contributed by atoms with E-state index in [4.69, 9.17) is 0 Å². The monoisotopic (exact) mass is 261 g/mol. The van der Waals surface area contributed by atoms with Crippen LogP contribution in [0.15, 0.2) is 30.3 Å². The highest BCUT2D eigenvalue weighted by molar-refractivity contribution is 6.08. The van der Waals surface area contributed by atoms with Gasteiger partial charge in [0.25, 0.3) is 0 Å². The number of aliphatic hydroxyl groups excluding tert-OH is 1. The normalized spacial score (nSPS) is 24.9. The maximum atomic E-state index is 12.5. The third-order valence-electron chi connectivity index (χ3n) is 3.70. The van der Waals surface area contributed by atoms with E-state index in [1.807, 2.05) is 37.3 Å². The summed E-state index contributed by atoms with van der Waals surface area (Å²) in [6.07, 6.45) is 0.113. The molecule has 1 N–H and O–H groups in total. The fraction of sp³-hybridized carbons (Fsp3) is 0.467. The van der Waals surface area contributed by atoms with Crippen molar-refractivity contribution >= 4 is 11.8 Å². The van der Waals surface area contributed by atoms with E-state index in [9.17, 15) is 14.7 Å². The van der Waals surface area contributed by atoms with Crippen molar-refractivity contribution in [3.05, 3.63) is 35.9 Å². The van der Waals surface area contributed by atoms with Crippen molar-refractivity contribution < 1.29 is 14.7 Å². The van der Waals surface area contributed by atoms with Gasteiger partial charge in [-0.2, -0.15) is 0 Å². The summed E-state index contributed by atoms with van der Waals surface area (Å²) in [5.74, 6) is -0.318. The summed E-state index contributed by atoms with van der Waals surface area (Å²) in [5, 5.41) is 9.28. The van der Waals surface area contributed by atoms with Crippen LogP contribution >= 0.6 is 0 Å². The lowest BCUT2D eigenvalue weighted by Crippen LogP contribution is -2.37. The number of aliphatic hydroxyl groups is 1. The molecule has 0 aromatic heterocycles. The van der Waals surface area contributed by atoms with E-state index in [0.29, 0.717) is 6.42 Å². The summed E-state index contributed by atoms with van der Waals surface area (Å²) in [6, 6.07) is 9.39. The first-order chi connectivity index (χ1) is 8.95. The van der Waals surface area contributed by atoms with Crippen molar-refractivity contribution in [1.29, 1.82) is 0 Å². The van der Waals surface area contributed by atoms with Crippen LogP contribution in [0.5, 0.6) is 0 Å². The lowest BCUT2D eigenvalue weighted by molar-refractivity contribution is -0.140. The van der Waals surface area contributed by atoms with E-state index >= 15 is 0 Å². The van der Waals surface area contributed by atoms with Gasteiger partial charge in [-0.1, -0.05) is 30.3 Å². The van der Waals surface area contributed by atoms with Crippen LogP contribution in [0.2, 0.25) is 0 Å². The number of imide groups is 1. The van der Waals surface area contributed by atoms with Crippen LogP contribution in [0.4, 0.5) is 0 Å². The zero-order chi connectivity index (χ0) is 14.0. The number of rotatable bonds is 4. The van der Waals surface area contributed by atoms with Gasteiger partial charge in [-0.3, -0.25) is 14.5 Å². The SMILES string of the molecule is CC(O)CCN1C(=O)CC(C)(c2ccccc2)C1=O. The number of carbonyl (C=O) groups is 2. The minimum absolute atomic E-state index is 0.156. The van der Waals surface area contributed by atoms with E-state index < -0.39 is 11.5 Å². The van der Waals surface area contributed by atoms with Crippen molar-refractivity contribution in [2.75, 3.05) is 6.54 Å². The Morgan fingerprint density at radius 3 is 2.53 bits per heavy atom. The lowest BCUT2D eigenvalue weighted by atomic mass is 9.81. The van der Waals surface area contributed by atoms with Gasteiger partial charge in [-0.05, 0) is 25.8 Å². The first-order valence-electron chi connectivity index (χ1n) is 6.53. The van der Waals surface area contributed by atoms with Crippen molar-refractivity contribution in [2.45, 2.75) is 38.2 Å². The molecule has 1 fully saturated rings. The topological polar surface area (TPSA) is 57.6 Å². The van der Waals surface area contributed by atoms with Crippen molar-refractivity contribution in [3.63, 3.8) is 0 Å². The summed E-state index contributed by atoms with van der Waals surface area (Å²) in [5.41, 5.74) is 0.102. The minimum atomic E-state index is -0.767. The number of amides is 2. The maximum absolute atomic E-state index is 12.5. The van der Waals surface area contributed by atoms with Crippen LogP contribution in [0.1, 0.15) is 32.3 Å². The number of hydrogen-bond donors (Lipinski definition) is 1. The first kappa shape index (κ1) is 13.7. The molecule has 102 valence electrons. The van der Waals surface area contributed by atoms with Crippen LogP contribution in [-0.4, -0.2) is 34.5 Å². The van der Waals surface area contributed by atoms with Gasteiger partial charge in [0.05, 0.1) is 11.5 Å². The van der Waals surface area contributed by atoms with Gasteiger partial charge < -0.3 is 5.11 Å². The summed E-state index contributed by atoms with van der Waals surface area (Å²) in [7, 11) is 0. The second-order valence-electron chi connectivity index (χ2n) is 5.36. The molecule has 2 atom stereocenters. The Morgan fingerprint density at radius 2 is 1.95 bits per heavy atom. The van der Waals surface area contributed by atoms with Crippen LogP contribution in [0, 0.1) is 0 Å². The fourth-order valence-corrected chi connectivity index (χ4v) is 2.46. The second-order valence-corrected chi connectivity index (χ2v) is 5.36. The van der Waals surface area contributed by atoms with Crippen molar-refractivity contribution in [3.8, 4) is 0 Å². The van der Waals surface area contributed by atoms with Crippen LogP contribution in [0.25, 0.3) is 0 Å². The predicted octanol–water partition coefficient (Wildman–Crippen LogP) is 1.47. The van der Waals surface area contributed by atoms with E-state index in [1.54, 1.807) is 6.92 Å². The molecular weight excluding hydrogens is 242 g/mol. The minimum Gasteiger partial charge on any atom is -0.393 e. The Balaban J connectivity index is 2.22. The molecule has 2 unspecified atom stereocenters. The highest BCUT2D eigenvalue weighted by Gasteiger charge is 2.48.